The van der Waals surface area contributed by atoms with Gasteiger partial charge in [-0.15, -0.1) is 0 Å². The van der Waals surface area contributed by atoms with Crippen molar-refractivity contribution in [3.63, 3.8) is 0 Å². The van der Waals surface area contributed by atoms with Crippen LogP contribution < -0.4 is 0 Å². The Morgan fingerprint density at radius 1 is 1.31 bits per heavy atom. The molecule has 2 nitrogen and oxygen atoms in total. The zero-order valence-corrected chi connectivity index (χ0v) is 7.40. The number of hydrogen-bond acceptors (Lipinski definition) is 2. The molecule has 0 saturated carbocycles. The third kappa shape index (κ3) is 1.95. The molecule has 1 aromatic carbocycles. The summed E-state index contributed by atoms with van der Waals surface area (Å²) in [6.07, 6.45) is 1.94. The molecule has 1 saturated heterocycles. The van der Waals surface area contributed by atoms with Crippen molar-refractivity contribution in [1.29, 1.82) is 0 Å². The van der Waals surface area contributed by atoms with E-state index in [1.807, 2.05) is 24.3 Å². The molecule has 0 atom stereocenters. The first-order valence-electron chi connectivity index (χ1n) is 4.50. The smallest absolute Gasteiger partial charge is 0.150 e. The van der Waals surface area contributed by atoms with Gasteiger partial charge >= 0.3 is 0 Å². The van der Waals surface area contributed by atoms with Gasteiger partial charge in [0.15, 0.2) is 0 Å². The fourth-order valence-corrected chi connectivity index (χ4v) is 1.47. The average Bonchev–Trinajstić information content (AvgIpc) is 2.12. The Kier molecular flexibility index (Phi) is 2.41. The number of rotatable bonds is 3. The Hall–Kier alpha value is -1.15. The van der Waals surface area contributed by atoms with Crippen LogP contribution >= 0.6 is 0 Å². The largest absolute Gasteiger partial charge is 0.381 e. The van der Waals surface area contributed by atoms with E-state index in [1.54, 1.807) is 0 Å². The minimum absolute atomic E-state index is 0.682. The number of carbonyl (C=O) groups excluding carboxylic acids is 1. The predicted octanol–water partition coefficient (Wildman–Crippen LogP) is 1.69. The van der Waals surface area contributed by atoms with Gasteiger partial charge in [-0.05, 0) is 12.0 Å². The van der Waals surface area contributed by atoms with E-state index in [0.29, 0.717) is 5.92 Å². The van der Waals surface area contributed by atoms with Gasteiger partial charge in [0.05, 0.1) is 13.2 Å². The van der Waals surface area contributed by atoms with E-state index >= 15 is 0 Å². The highest BCUT2D eigenvalue weighted by Gasteiger charge is 2.18. The van der Waals surface area contributed by atoms with Crippen molar-refractivity contribution >= 4 is 6.29 Å². The number of ether oxygens (including phenoxy) is 1. The van der Waals surface area contributed by atoms with Gasteiger partial charge in [0.2, 0.25) is 0 Å². The molecule has 2 heteroatoms. The van der Waals surface area contributed by atoms with Crippen LogP contribution in [0.2, 0.25) is 0 Å². The van der Waals surface area contributed by atoms with Gasteiger partial charge in [-0.1, -0.05) is 24.3 Å². The molecule has 1 fully saturated rings. The van der Waals surface area contributed by atoms with Crippen LogP contribution in [0, 0.1) is 5.92 Å². The Morgan fingerprint density at radius 3 is 2.46 bits per heavy atom. The van der Waals surface area contributed by atoms with Crippen LogP contribution in [-0.2, 0) is 11.2 Å². The van der Waals surface area contributed by atoms with Crippen molar-refractivity contribution in [1.82, 2.24) is 0 Å². The molecule has 1 aromatic rings. The van der Waals surface area contributed by atoms with E-state index in [4.69, 9.17) is 4.74 Å². The van der Waals surface area contributed by atoms with E-state index in [9.17, 15) is 4.79 Å². The number of aldehydes is 1. The highest BCUT2D eigenvalue weighted by Crippen LogP contribution is 2.16. The van der Waals surface area contributed by atoms with Crippen LogP contribution in [0.1, 0.15) is 15.9 Å². The lowest BCUT2D eigenvalue weighted by atomic mass is 9.97. The molecule has 2 rings (SSSR count). The van der Waals surface area contributed by atoms with Crippen LogP contribution in [0.3, 0.4) is 0 Å². The van der Waals surface area contributed by atoms with Gasteiger partial charge in [0.25, 0.3) is 0 Å². The molecule has 0 bridgehead atoms. The summed E-state index contributed by atoms with van der Waals surface area (Å²) in [6.45, 7) is 1.77. The summed E-state index contributed by atoms with van der Waals surface area (Å²) < 4.78 is 5.10. The Labute approximate surface area is 77.5 Å². The van der Waals surface area contributed by atoms with Gasteiger partial charge in [0.1, 0.15) is 6.29 Å². The van der Waals surface area contributed by atoms with Crippen LogP contribution in [-0.4, -0.2) is 19.5 Å². The second-order valence-electron chi connectivity index (χ2n) is 3.47. The Morgan fingerprint density at radius 2 is 2.00 bits per heavy atom. The fourth-order valence-electron chi connectivity index (χ4n) is 1.47. The molecular formula is C11H12O2. The predicted molar refractivity (Wildman–Crippen MR) is 49.8 cm³/mol. The molecule has 0 spiro atoms. The molecule has 0 aliphatic carbocycles. The molecule has 0 radical (unpaired) electrons. The second kappa shape index (κ2) is 3.71. The van der Waals surface area contributed by atoms with Crippen LogP contribution in [0.5, 0.6) is 0 Å². The summed E-state index contributed by atoms with van der Waals surface area (Å²) in [5.41, 5.74) is 2.03. The molecular weight excluding hydrogens is 164 g/mol. The van der Waals surface area contributed by atoms with Crippen LogP contribution in [0.15, 0.2) is 24.3 Å². The average molecular weight is 176 g/mol. The van der Waals surface area contributed by atoms with Crippen molar-refractivity contribution in [2.75, 3.05) is 13.2 Å². The zero-order valence-electron chi connectivity index (χ0n) is 7.40. The molecule has 1 aliphatic heterocycles. The standard InChI is InChI=1S/C11H12O2/c12-6-10-3-1-9(2-4-10)5-11-7-13-8-11/h1-4,6,11H,5,7-8H2. The lowest BCUT2D eigenvalue weighted by Gasteiger charge is -2.25. The highest BCUT2D eigenvalue weighted by molar-refractivity contribution is 5.74. The molecule has 68 valence electrons. The first kappa shape index (κ1) is 8.45. The van der Waals surface area contributed by atoms with E-state index in [1.165, 1.54) is 5.56 Å². The summed E-state index contributed by atoms with van der Waals surface area (Å²) >= 11 is 0. The van der Waals surface area contributed by atoms with Crippen molar-refractivity contribution in [2.24, 2.45) is 5.92 Å². The monoisotopic (exact) mass is 176 g/mol. The van der Waals surface area contributed by atoms with Crippen molar-refractivity contribution in [3.05, 3.63) is 35.4 Å². The second-order valence-corrected chi connectivity index (χ2v) is 3.47. The van der Waals surface area contributed by atoms with Gasteiger partial charge < -0.3 is 4.74 Å². The minimum atomic E-state index is 0.682. The molecule has 1 aliphatic rings. The summed E-state index contributed by atoms with van der Waals surface area (Å²) in [6, 6.07) is 7.76. The number of carbonyl (C=O) groups is 1. The molecule has 13 heavy (non-hydrogen) atoms. The summed E-state index contributed by atoms with van der Waals surface area (Å²) in [5, 5.41) is 0. The van der Waals surface area contributed by atoms with Crippen molar-refractivity contribution in [2.45, 2.75) is 6.42 Å². The normalized spacial score (nSPS) is 16.6. The summed E-state index contributed by atoms with van der Waals surface area (Å²) in [5.74, 6) is 0.682. The first-order valence-corrected chi connectivity index (χ1v) is 4.50. The topological polar surface area (TPSA) is 26.3 Å². The molecule has 0 N–H and O–H groups in total. The molecule has 0 amide bonds. The zero-order chi connectivity index (χ0) is 9.10. The maximum absolute atomic E-state index is 10.4. The maximum Gasteiger partial charge on any atom is 0.150 e. The molecule has 1 heterocycles. The number of benzene rings is 1. The van der Waals surface area contributed by atoms with E-state index < -0.39 is 0 Å². The summed E-state index contributed by atoms with van der Waals surface area (Å²) in [4.78, 5) is 10.4. The summed E-state index contributed by atoms with van der Waals surface area (Å²) in [7, 11) is 0. The van der Waals surface area contributed by atoms with Crippen molar-refractivity contribution in [3.8, 4) is 0 Å². The lowest BCUT2D eigenvalue weighted by Crippen LogP contribution is -2.29. The third-order valence-electron chi connectivity index (χ3n) is 2.35. The SMILES string of the molecule is O=Cc1ccc(CC2COC2)cc1. The highest BCUT2D eigenvalue weighted by atomic mass is 16.5. The lowest BCUT2D eigenvalue weighted by molar-refractivity contribution is -0.0312. The van der Waals surface area contributed by atoms with E-state index in [2.05, 4.69) is 0 Å². The minimum Gasteiger partial charge on any atom is -0.381 e. The number of hydrogen-bond donors (Lipinski definition) is 0. The first-order chi connectivity index (χ1) is 6.38. The molecule has 0 unspecified atom stereocenters. The van der Waals surface area contributed by atoms with E-state index in [0.717, 1.165) is 31.5 Å². The van der Waals surface area contributed by atoms with E-state index in [-0.39, 0.29) is 0 Å². The fraction of sp³-hybridized carbons (Fsp3) is 0.364. The third-order valence-corrected chi connectivity index (χ3v) is 2.35. The van der Waals surface area contributed by atoms with Gasteiger partial charge in [-0.25, -0.2) is 0 Å². The quantitative estimate of drug-likeness (QED) is 0.655. The Balaban J connectivity index is 2.00. The van der Waals surface area contributed by atoms with Gasteiger partial charge in [0, 0.05) is 11.5 Å². The van der Waals surface area contributed by atoms with Gasteiger partial charge in [-0.3, -0.25) is 4.79 Å². The Bertz CT molecular complexity index is 285. The maximum atomic E-state index is 10.4. The molecule has 0 aromatic heterocycles. The van der Waals surface area contributed by atoms with Crippen LogP contribution in [0.25, 0.3) is 0 Å². The van der Waals surface area contributed by atoms with Gasteiger partial charge in [-0.2, -0.15) is 0 Å². The van der Waals surface area contributed by atoms with Crippen LogP contribution in [0.4, 0.5) is 0 Å². The van der Waals surface area contributed by atoms with Crippen molar-refractivity contribution < 1.29 is 9.53 Å².